The second-order valence-corrected chi connectivity index (χ2v) is 10.2. The smallest absolute Gasteiger partial charge is 0.300 e. The first-order valence-electron chi connectivity index (χ1n) is 12.4. The molecule has 3 aromatic carbocycles. The third-order valence-electron chi connectivity index (χ3n) is 6.51. The van der Waals surface area contributed by atoms with E-state index in [1.54, 1.807) is 43.5 Å². The van der Waals surface area contributed by atoms with E-state index in [0.29, 0.717) is 29.4 Å². The van der Waals surface area contributed by atoms with Crippen LogP contribution in [0.2, 0.25) is 0 Å². The standard InChI is InChI=1S/C31H33NO5/c1-7-37-23-14-12-22(13-15-23)32-27(20-10-8-9-19(2)17-20)26(29(34)30(32)35)28(33)21-11-16-25(36-6)24(18-21)31(3,4)5/h8-18,27,33H,7H2,1-6H3/b28-26-. The minimum Gasteiger partial charge on any atom is -0.507 e. The number of aliphatic hydroxyl groups is 1. The molecule has 0 aromatic heterocycles. The molecule has 6 nitrogen and oxygen atoms in total. The Morgan fingerprint density at radius 2 is 1.70 bits per heavy atom. The van der Waals surface area contributed by atoms with Gasteiger partial charge in [-0.05, 0) is 67.3 Å². The first-order valence-corrected chi connectivity index (χ1v) is 12.4. The summed E-state index contributed by atoms with van der Waals surface area (Å²) in [5.41, 5.74) is 3.37. The number of amides is 1. The lowest BCUT2D eigenvalue weighted by Gasteiger charge is -2.26. The fourth-order valence-corrected chi connectivity index (χ4v) is 4.72. The SMILES string of the molecule is CCOc1ccc(N2C(=O)C(=O)/C(=C(\O)c3ccc(OC)c(C(C)(C)C)c3)C2c2cccc(C)c2)cc1. The molecule has 1 fully saturated rings. The molecule has 3 aromatic rings. The van der Waals surface area contributed by atoms with Crippen LogP contribution in [0.25, 0.3) is 5.76 Å². The molecule has 1 atom stereocenters. The van der Waals surface area contributed by atoms with Crippen molar-refractivity contribution in [2.24, 2.45) is 0 Å². The maximum absolute atomic E-state index is 13.5. The van der Waals surface area contributed by atoms with Crippen molar-refractivity contribution in [3.63, 3.8) is 0 Å². The second kappa shape index (κ2) is 10.1. The van der Waals surface area contributed by atoms with Crippen molar-refractivity contribution < 1.29 is 24.2 Å². The predicted octanol–water partition coefficient (Wildman–Crippen LogP) is 6.33. The van der Waals surface area contributed by atoms with E-state index >= 15 is 0 Å². The van der Waals surface area contributed by atoms with Crippen LogP contribution in [0, 0.1) is 6.92 Å². The molecular formula is C31H33NO5. The summed E-state index contributed by atoms with van der Waals surface area (Å²) in [5.74, 6) is -0.281. The third-order valence-corrected chi connectivity index (χ3v) is 6.51. The van der Waals surface area contributed by atoms with Gasteiger partial charge >= 0.3 is 0 Å². The van der Waals surface area contributed by atoms with Crippen molar-refractivity contribution >= 4 is 23.1 Å². The number of ether oxygens (including phenoxy) is 2. The number of aliphatic hydroxyl groups excluding tert-OH is 1. The lowest BCUT2D eigenvalue weighted by Crippen LogP contribution is -2.29. The number of hydrogen-bond acceptors (Lipinski definition) is 5. The van der Waals surface area contributed by atoms with Gasteiger partial charge in [0.15, 0.2) is 0 Å². The highest BCUT2D eigenvalue weighted by molar-refractivity contribution is 6.51. The lowest BCUT2D eigenvalue weighted by atomic mass is 9.84. The van der Waals surface area contributed by atoms with Gasteiger partial charge in [-0.2, -0.15) is 0 Å². The molecule has 1 aliphatic rings. The predicted molar refractivity (Wildman–Crippen MR) is 145 cm³/mol. The summed E-state index contributed by atoms with van der Waals surface area (Å²) in [6.45, 7) is 10.5. The number of Topliss-reactive ketones (excluding diaryl/α,β-unsaturated/α-hetero) is 1. The van der Waals surface area contributed by atoms with E-state index in [1.165, 1.54) is 4.90 Å². The van der Waals surface area contributed by atoms with E-state index in [0.717, 1.165) is 16.7 Å². The monoisotopic (exact) mass is 499 g/mol. The van der Waals surface area contributed by atoms with E-state index in [1.807, 2.05) is 65.0 Å². The zero-order valence-electron chi connectivity index (χ0n) is 22.2. The van der Waals surface area contributed by atoms with Gasteiger partial charge in [0.1, 0.15) is 17.3 Å². The molecule has 0 bridgehead atoms. The fourth-order valence-electron chi connectivity index (χ4n) is 4.72. The van der Waals surface area contributed by atoms with E-state index < -0.39 is 17.7 Å². The molecule has 0 saturated carbocycles. The Kier molecular flexibility index (Phi) is 7.12. The Morgan fingerprint density at radius 3 is 2.30 bits per heavy atom. The van der Waals surface area contributed by atoms with Crippen molar-refractivity contribution in [1.82, 2.24) is 0 Å². The Hall–Kier alpha value is -4.06. The Bertz CT molecular complexity index is 1370. The Labute approximate surface area is 218 Å². The van der Waals surface area contributed by atoms with Crippen LogP contribution >= 0.6 is 0 Å². The van der Waals surface area contributed by atoms with Crippen LogP contribution in [-0.4, -0.2) is 30.5 Å². The van der Waals surface area contributed by atoms with Crippen molar-refractivity contribution in [2.45, 2.75) is 46.1 Å². The van der Waals surface area contributed by atoms with Gasteiger partial charge in [-0.1, -0.05) is 50.6 Å². The van der Waals surface area contributed by atoms with Gasteiger partial charge in [0.05, 0.1) is 25.3 Å². The van der Waals surface area contributed by atoms with Gasteiger partial charge in [-0.15, -0.1) is 0 Å². The van der Waals surface area contributed by atoms with Crippen molar-refractivity contribution in [2.75, 3.05) is 18.6 Å². The van der Waals surface area contributed by atoms with Gasteiger partial charge in [-0.3, -0.25) is 14.5 Å². The quantitative estimate of drug-likeness (QED) is 0.244. The largest absolute Gasteiger partial charge is 0.507 e. The van der Waals surface area contributed by atoms with Crippen molar-refractivity contribution in [1.29, 1.82) is 0 Å². The summed E-state index contributed by atoms with van der Waals surface area (Å²) in [4.78, 5) is 28.4. The maximum atomic E-state index is 13.5. The lowest BCUT2D eigenvalue weighted by molar-refractivity contribution is -0.132. The number of hydrogen-bond donors (Lipinski definition) is 1. The van der Waals surface area contributed by atoms with Gasteiger partial charge < -0.3 is 14.6 Å². The number of methoxy groups -OCH3 is 1. The molecule has 0 aliphatic carbocycles. The number of anilines is 1. The molecule has 0 spiro atoms. The molecule has 1 amide bonds. The van der Waals surface area contributed by atoms with Crippen LogP contribution in [0.1, 0.15) is 56.0 Å². The second-order valence-electron chi connectivity index (χ2n) is 10.2. The molecular weight excluding hydrogens is 466 g/mol. The minimum atomic E-state index is -0.793. The average Bonchev–Trinajstić information content (AvgIpc) is 3.13. The number of ketones is 1. The molecule has 0 radical (unpaired) electrons. The van der Waals surface area contributed by atoms with Crippen LogP contribution in [0.3, 0.4) is 0 Å². The van der Waals surface area contributed by atoms with E-state index in [2.05, 4.69) is 0 Å². The molecule has 1 unspecified atom stereocenters. The van der Waals surface area contributed by atoms with Gasteiger partial charge in [0, 0.05) is 16.8 Å². The molecule has 1 saturated heterocycles. The Balaban J connectivity index is 1.92. The van der Waals surface area contributed by atoms with Crippen LogP contribution in [0.4, 0.5) is 5.69 Å². The first kappa shape index (κ1) is 26.0. The van der Waals surface area contributed by atoms with Gasteiger partial charge in [-0.25, -0.2) is 0 Å². The number of benzene rings is 3. The van der Waals surface area contributed by atoms with Gasteiger partial charge in [0.2, 0.25) is 0 Å². The average molecular weight is 500 g/mol. The van der Waals surface area contributed by atoms with E-state index in [4.69, 9.17) is 9.47 Å². The highest BCUT2D eigenvalue weighted by atomic mass is 16.5. The maximum Gasteiger partial charge on any atom is 0.300 e. The molecule has 1 heterocycles. The summed E-state index contributed by atoms with van der Waals surface area (Å²) < 4.78 is 11.1. The number of nitrogens with zero attached hydrogens (tertiary/aromatic N) is 1. The van der Waals surface area contributed by atoms with E-state index in [9.17, 15) is 14.7 Å². The van der Waals surface area contributed by atoms with Crippen LogP contribution in [-0.2, 0) is 15.0 Å². The molecule has 1 N–H and O–H groups in total. The van der Waals surface area contributed by atoms with Crippen LogP contribution < -0.4 is 14.4 Å². The summed E-state index contributed by atoms with van der Waals surface area (Å²) in [7, 11) is 1.60. The first-order chi connectivity index (χ1) is 17.6. The highest BCUT2D eigenvalue weighted by Gasteiger charge is 2.47. The molecule has 4 rings (SSSR count). The zero-order valence-corrected chi connectivity index (χ0v) is 22.2. The Morgan fingerprint density at radius 1 is 1.00 bits per heavy atom. The zero-order chi connectivity index (χ0) is 26.9. The summed E-state index contributed by atoms with van der Waals surface area (Å²) in [5, 5.41) is 11.6. The number of carbonyl (C=O) groups is 2. The summed E-state index contributed by atoms with van der Waals surface area (Å²) in [6, 6.07) is 19.2. The van der Waals surface area contributed by atoms with Crippen molar-refractivity contribution in [3.05, 3.63) is 94.6 Å². The number of carbonyl (C=O) groups excluding carboxylic acids is 2. The van der Waals surface area contributed by atoms with Gasteiger partial charge in [0.25, 0.3) is 11.7 Å². The molecule has 192 valence electrons. The van der Waals surface area contributed by atoms with Crippen LogP contribution in [0.15, 0.2) is 72.3 Å². The topological polar surface area (TPSA) is 76.1 Å². The van der Waals surface area contributed by atoms with E-state index in [-0.39, 0.29) is 16.7 Å². The van der Waals surface area contributed by atoms with Crippen molar-refractivity contribution in [3.8, 4) is 11.5 Å². The number of aryl methyl sites for hydroxylation is 1. The molecule has 6 heteroatoms. The summed E-state index contributed by atoms with van der Waals surface area (Å²) >= 11 is 0. The number of rotatable bonds is 6. The third kappa shape index (κ3) is 4.96. The summed E-state index contributed by atoms with van der Waals surface area (Å²) in [6.07, 6.45) is 0. The molecule has 1 aliphatic heterocycles. The minimum absolute atomic E-state index is 0.0505. The fraction of sp³-hybridized carbons (Fsp3) is 0.290. The van der Waals surface area contributed by atoms with Crippen LogP contribution in [0.5, 0.6) is 11.5 Å². The molecule has 37 heavy (non-hydrogen) atoms. The highest BCUT2D eigenvalue weighted by Crippen LogP contribution is 2.43. The normalized spacial score (nSPS) is 17.2.